The second kappa shape index (κ2) is 5.44. The van der Waals surface area contributed by atoms with Gasteiger partial charge in [0.15, 0.2) is 15.7 Å². The minimum atomic E-state index is -3.59. The smallest absolute Gasteiger partial charge is 0.246 e. The lowest BCUT2D eigenvalue weighted by molar-refractivity contribution is -0.117. The van der Waals surface area contributed by atoms with E-state index in [2.05, 4.69) is 10.5 Å². The van der Waals surface area contributed by atoms with Crippen LogP contribution in [0.5, 0.6) is 0 Å². The van der Waals surface area contributed by atoms with E-state index >= 15 is 0 Å². The maximum atomic E-state index is 12.3. The third-order valence-electron chi connectivity index (χ3n) is 3.37. The van der Waals surface area contributed by atoms with E-state index in [1.807, 2.05) is 20.8 Å². The largest absolute Gasteiger partial charge is 0.359 e. The van der Waals surface area contributed by atoms with Crippen molar-refractivity contribution in [2.45, 2.75) is 63.9 Å². The van der Waals surface area contributed by atoms with E-state index in [1.165, 1.54) is 13.8 Å². The van der Waals surface area contributed by atoms with Crippen molar-refractivity contribution in [1.82, 2.24) is 5.16 Å². The molecule has 1 aromatic heterocycles. The Morgan fingerprint density at radius 3 is 2.14 bits per heavy atom. The van der Waals surface area contributed by atoms with Crippen molar-refractivity contribution in [2.75, 3.05) is 5.32 Å². The summed E-state index contributed by atoms with van der Waals surface area (Å²) in [6.07, 6.45) is 0. The van der Waals surface area contributed by atoms with Gasteiger partial charge in [-0.2, -0.15) is 0 Å². The van der Waals surface area contributed by atoms with Crippen LogP contribution in [0.4, 0.5) is 5.82 Å². The van der Waals surface area contributed by atoms with E-state index in [0.717, 1.165) is 0 Å². The van der Waals surface area contributed by atoms with Gasteiger partial charge in [-0.25, -0.2) is 8.42 Å². The van der Waals surface area contributed by atoms with Crippen LogP contribution < -0.4 is 5.32 Å². The number of aromatic nitrogens is 1. The third kappa shape index (κ3) is 3.45. The van der Waals surface area contributed by atoms with Gasteiger partial charge in [0.1, 0.15) is 10.5 Å². The minimum Gasteiger partial charge on any atom is -0.359 e. The molecule has 0 radical (unpaired) electrons. The lowest BCUT2D eigenvalue weighted by Gasteiger charge is -2.25. The van der Waals surface area contributed by atoms with Gasteiger partial charge < -0.3 is 9.84 Å². The van der Waals surface area contributed by atoms with Gasteiger partial charge in [0.05, 0.1) is 5.25 Å². The Bertz CT molecular complexity index is 622. The van der Waals surface area contributed by atoms with Gasteiger partial charge in [0, 0.05) is 11.5 Å². The first-order valence-corrected chi connectivity index (χ1v) is 8.37. The van der Waals surface area contributed by atoms with Gasteiger partial charge in [-0.15, -0.1) is 0 Å². The number of hydrogen-bond donors (Lipinski definition) is 1. The molecule has 0 saturated heterocycles. The highest BCUT2D eigenvalue weighted by Crippen LogP contribution is 2.26. The third-order valence-corrected chi connectivity index (χ3v) is 6.22. The molecule has 0 fully saturated rings. The second-order valence-corrected chi connectivity index (χ2v) is 9.94. The van der Waals surface area contributed by atoms with Crippen molar-refractivity contribution < 1.29 is 17.7 Å². The van der Waals surface area contributed by atoms with Crippen LogP contribution in [0.2, 0.25) is 0 Å². The first-order chi connectivity index (χ1) is 9.30. The molecule has 120 valence electrons. The summed E-state index contributed by atoms with van der Waals surface area (Å²) in [4.78, 5) is 12.3. The highest BCUT2D eigenvalue weighted by molar-refractivity contribution is 7.94. The molecule has 0 saturated carbocycles. The van der Waals surface area contributed by atoms with Crippen molar-refractivity contribution in [3.63, 3.8) is 0 Å². The Morgan fingerprint density at radius 2 is 1.76 bits per heavy atom. The molecular formula is C14H24N2O4S. The molecule has 1 aromatic rings. The Hall–Kier alpha value is -1.37. The first-order valence-electron chi connectivity index (χ1n) is 6.82. The number of carbonyl (C=O) groups is 1. The van der Waals surface area contributed by atoms with Crippen molar-refractivity contribution >= 4 is 21.6 Å². The number of rotatable bonds is 4. The molecule has 0 aliphatic carbocycles. The Balaban J connectivity index is 2.99. The van der Waals surface area contributed by atoms with Crippen LogP contribution in [0.15, 0.2) is 10.6 Å². The Morgan fingerprint density at radius 1 is 1.24 bits per heavy atom. The van der Waals surface area contributed by atoms with Crippen LogP contribution in [0.1, 0.15) is 54.2 Å². The fourth-order valence-electron chi connectivity index (χ4n) is 1.67. The van der Waals surface area contributed by atoms with Gasteiger partial charge in [0.2, 0.25) is 5.91 Å². The summed E-state index contributed by atoms with van der Waals surface area (Å²) in [6.45, 7) is 11.7. The van der Waals surface area contributed by atoms with Crippen molar-refractivity contribution in [3.8, 4) is 0 Å². The number of carbonyl (C=O) groups excluding carboxylic acids is 1. The zero-order chi connectivity index (χ0) is 16.6. The first kappa shape index (κ1) is 17.7. The summed E-state index contributed by atoms with van der Waals surface area (Å²) in [5.41, 5.74) is -0.241. The molecular weight excluding hydrogens is 292 g/mol. The zero-order valence-corrected chi connectivity index (χ0v) is 14.5. The highest BCUT2D eigenvalue weighted by Gasteiger charge is 2.43. The van der Waals surface area contributed by atoms with E-state index in [1.54, 1.807) is 19.9 Å². The van der Waals surface area contributed by atoms with Crippen LogP contribution in [0.25, 0.3) is 0 Å². The van der Waals surface area contributed by atoms with Crippen LogP contribution >= 0.6 is 0 Å². The van der Waals surface area contributed by atoms with E-state index in [-0.39, 0.29) is 11.2 Å². The summed E-state index contributed by atoms with van der Waals surface area (Å²) in [6, 6.07) is 1.61. The number of hydrogen-bond acceptors (Lipinski definition) is 5. The number of amides is 1. The topological polar surface area (TPSA) is 89.3 Å². The second-order valence-electron chi connectivity index (χ2n) is 6.88. The monoisotopic (exact) mass is 316 g/mol. The lowest BCUT2D eigenvalue weighted by Crippen LogP contribution is -2.47. The SMILES string of the molecule is CC(C)S(=O)(=O)C(C)(C)C(=O)Nc1cc(C(C)(C)C)on1. The molecule has 1 N–H and O–H groups in total. The molecule has 0 spiro atoms. The fraction of sp³-hybridized carbons (Fsp3) is 0.714. The molecule has 0 atom stereocenters. The summed E-state index contributed by atoms with van der Waals surface area (Å²) < 4.78 is 28.1. The minimum absolute atomic E-state index is 0.219. The molecule has 0 aliphatic rings. The summed E-state index contributed by atoms with van der Waals surface area (Å²) in [5.74, 6) is 0.212. The number of sulfone groups is 1. The van der Waals surface area contributed by atoms with E-state index in [9.17, 15) is 13.2 Å². The van der Waals surface area contributed by atoms with Gasteiger partial charge >= 0.3 is 0 Å². The maximum Gasteiger partial charge on any atom is 0.246 e. The average molecular weight is 316 g/mol. The zero-order valence-electron chi connectivity index (χ0n) is 13.6. The van der Waals surface area contributed by atoms with Crippen molar-refractivity contribution in [3.05, 3.63) is 11.8 Å². The summed E-state index contributed by atoms with van der Waals surface area (Å²) in [5, 5.41) is 5.64. The molecule has 0 aromatic carbocycles. The highest BCUT2D eigenvalue weighted by atomic mass is 32.2. The molecule has 21 heavy (non-hydrogen) atoms. The quantitative estimate of drug-likeness (QED) is 0.922. The molecule has 1 amide bonds. The van der Waals surface area contributed by atoms with Gasteiger partial charge in [-0.3, -0.25) is 4.79 Å². The van der Waals surface area contributed by atoms with Crippen LogP contribution in [-0.2, 0) is 20.0 Å². The predicted molar refractivity (Wildman–Crippen MR) is 82.0 cm³/mol. The Labute approximate surface area is 126 Å². The molecule has 0 aliphatic heterocycles. The average Bonchev–Trinajstić information content (AvgIpc) is 2.76. The van der Waals surface area contributed by atoms with Crippen molar-refractivity contribution in [2.24, 2.45) is 0 Å². The summed E-state index contributed by atoms with van der Waals surface area (Å²) in [7, 11) is -3.59. The van der Waals surface area contributed by atoms with Crippen LogP contribution in [0.3, 0.4) is 0 Å². The van der Waals surface area contributed by atoms with Gasteiger partial charge in [-0.1, -0.05) is 25.9 Å². The molecule has 6 nitrogen and oxygen atoms in total. The molecule has 1 heterocycles. The van der Waals surface area contributed by atoms with Crippen molar-refractivity contribution in [1.29, 1.82) is 0 Å². The van der Waals surface area contributed by atoms with Crippen LogP contribution in [0, 0.1) is 0 Å². The lowest BCUT2D eigenvalue weighted by atomic mass is 9.93. The van der Waals surface area contributed by atoms with Gasteiger partial charge in [0.25, 0.3) is 0 Å². The van der Waals surface area contributed by atoms with E-state index < -0.39 is 25.7 Å². The van der Waals surface area contributed by atoms with E-state index in [0.29, 0.717) is 5.76 Å². The predicted octanol–water partition coefficient (Wildman–Crippen LogP) is 2.51. The van der Waals surface area contributed by atoms with E-state index in [4.69, 9.17) is 4.52 Å². The standard InChI is InChI=1S/C14H24N2O4S/c1-9(2)21(18,19)14(6,7)12(17)15-11-8-10(20-16-11)13(3,4)5/h8-9H,1-7H3,(H,15,16,17). The molecule has 7 heteroatoms. The number of anilines is 1. The maximum absolute atomic E-state index is 12.3. The Kier molecular flexibility index (Phi) is 4.58. The van der Waals surface area contributed by atoms with Crippen LogP contribution in [-0.4, -0.2) is 29.5 Å². The summed E-state index contributed by atoms with van der Waals surface area (Å²) >= 11 is 0. The van der Waals surface area contributed by atoms with Gasteiger partial charge in [-0.05, 0) is 27.7 Å². The normalized spacial score (nSPS) is 13.5. The molecule has 1 rings (SSSR count). The molecule has 0 bridgehead atoms. The number of nitrogens with one attached hydrogen (secondary N) is 1. The fourth-order valence-corrected chi connectivity index (χ4v) is 3.16. The number of nitrogens with zero attached hydrogens (tertiary/aromatic N) is 1. The molecule has 0 unspecified atom stereocenters.